The van der Waals surface area contributed by atoms with E-state index in [0.717, 1.165) is 52.1 Å². The highest BCUT2D eigenvalue weighted by molar-refractivity contribution is 5.94. The van der Waals surface area contributed by atoms with E-state index >= 15 is 0 Å². The van der Waals surface area contributed by atoms with Gasteiger partial charge < -0.3 is 14.5 Å². The smallest absolute Gasteiger partial charge is 0.387 e. The van der Waals surface area contributed by atoms with E-state index in [1.165, 1.54) is 12.1 Å². The van der Waals surface area contributed by atoms with Crippen molar-refractivity contribution in [2.75, 3.05) is 46.3 Å². The number of hydrogen-bond acceptors (Lipinski definition) is 4. The molecule has 2 heterocycles. The van der Waals surface area contributed by atoms with Crippen LogP contribution >= 0.6 is 0 Å². The molecule has 150 valence electrons. The van der Waals surface area contributed by atoms with Crippen molar-refractivity contribution in [3.05, 3.63) is 29.8 Å². The summed E-state index contributed by atoms with van der Waals surface area (Å²) in [5.74, 6) is 0.643. The Kier molecular flexibility index (Phi) is 6.65. The van der Waals surface area contributed by atoms with Crippen LogP contribution < -0.4 is 4.74 Å². The van der Waals surface area contributed by atoms with Crippen molar-refractivity contribution in [3.8, 4) is 5.75 Å². The van der Waals surface area contributed by atoms with Crippen LogP contribution in [0.15, 0.2) is 24.3 Å². The molecule has 1 amide bonds. The zero-order chi connectivity index (χ0) is 19.4. The molecule has 0 saturated carbocycles. The van der Waals surface area contributed by atoms with Crippen molar-refractivity contribution in [1.82, 2.24) is 14.7 Å². The number of alkyl halides is 2. The molecule has 2 aliphatic heterocycles. The monoisotopic (exact) mass is 381 g/mol. The lowest BCUT2D eigenvalue weighted by molar-refractivity contribution is -0.0498. The summed E-state index contributed by atoms with van der Waals surface area (Å²) in [5.41, 5.74) is 0.516. The number of nitrogens with zero attached hydrogens (tertiary/aromatic N) is 3. The van der Waals surface area contributed by atoms with Crippen LogP contribution in [0, 0.1) is 5.92 Å². The number of likely N-dealkylation sites (tertiary alicyclic amines) is 1. The highest BCUT2D eigenvalue weighted by Gasteiger charge is 2.30. The van der Waals surface area contributed by atoms with Crippen LogP contribution in [0.4, 0.5) is 8.78 Å². The van der Waals surface area contributed by atoms with E-state index in [0.29, 0.717) is 17.5 Å². The number of amides is 1. The van der Waals surface area contributed by atoms with Gasteiger partial charge >= 0.3 is 6.61 Å². The molecule has 1 unspecified atom stereocenters. The molecule has 0 radical (unpaired) electrons. The molecule has 2 saturated heterocycles. The summed E-state index contributed by atoms with van der Waals surface area (Å²) >= 11 is 0. The Morgan fingerprint density at radius 2 is 1.63 bits per heavy atom. The molecule has 3 rings (SSSR count). The highest BCUT2D eigenvalue weighted by atomic mass is 19.3. The van der Waals surface area contributed by atoms with Crippen molar-refractivity contribution in [1.29, 1.82) is 0 Å². The quantitative estimate of drug-likeness (QED) is 0.786. The second-order valence-electron chi connectivity index (χ2n) is 7.61. The first-order valence-electron chi connectivity index (χ1n) is 9.71. The van der Waals surface area contributed by atoms with Crippen LogP contribution in [-0.2, 0) is 0 Å². The van der Waals surface area contributed by atoms with Crippen molar-refractivity contribution >= 4 is 5.91 Å². The zero-order valence-corrected chi connectivity index (χ0v) is 16.1. The molecular weight excluding hydrogens is 352 g/mol. The zero-order valence-electron chi connectivity index (χ0n) is 16.1. The molecule has 0 spiro atoms. The van der Waals surface area contributed by atoms with E-state index in [9.17, 15) is 13.6 Å². The van der Waals surface area contributed by atoms with E-state index in [1.807, 2.05) is 4.90 Å². The number of piperazine rings is 1. The average molecular weight is 381 g/mol. The van der Waals surface area contributed by atoms with Crippen LogP contribution in [-0.4, -0.2) is 79.6 Å². The third kappa shape index (κ3) is 5.17. The van der Waals surface area contributed by atoms with Gasteiger partial charge in [0.05, 0.1) is 0 Å². The van der Waals surface area contributed by atoms with Crippen LogP contribution in [0.5, 0.6) is 5.75 Å². The van der Waals surface area contributed by atoms with Crippen molar-refractivity contribution in [3.63, 3.8) is 0 Å². The predicted molar refractivity (Wildman–Crippen MR) is 100 cm³/mol. The molecule has 7 heteroatoms. The molecule has 5 nitrogen and oxygen atoms in total. The molecule has 1 aromatic carbocycles. The lowest BCUT2D eigenvalue weighted by atomic mass is 9.88. The van der Waals surface area contributed by atoms with Gasteiger partial charge in [-0.2, -0.15) is 8.78 Å². The SMILES string of the molecule is CC(C1CCN(C(=O)c2ccc(OC(F)F)cc2)CC1)N1CCN(C)CC1. The van der Waals surface area contributed by atoms with Gasteiger partial charge in [0.1, 0.15) is 5.75 Å². The Hall–Kier alpha value is -1.73. The summed E-state index contributed by atoms with van der Waals surface area (Å²) < 4.78 is 28.8. The van der Waals surface area contributed by atoms with Crippen molar-refractivity contribution < 1.29 is 18.3 Å². The third-order valence-corrected chi connectivity index (χ3v) is 5.95. The first kappa shape index (κ1) is 20.0. The first-order valence-corrected chi connectivity index (χ1v) is 9.71. The fourth-order valence-corrected chi connectivity index (χ4v) is 4.07. The normalized spacial score (nSPS) is 21.4. The minimum atomic E-state index is -2.85. The van der Waals surface area contributed by atoms with Gasteiger partial charge in [0.2, 0.25) is 0 Å². The Morgan fingerprint density at radius 3 is 2.19 bits per heavy atom. The van der Waals surface area contributed by atoms with Crippen molar-refractivity contribution in [2.45, 2.75) is 32.4 Å². The largest absolute Gasteiger partial charge is 0.435 e. The third-order valence-electron chi connectivity index (χ3n) is 5.95. The molecule has 1 aromatic rings. The van der Waals surface area contributed by atoms with Gasteiger partial charge in [-0.05, 0) is 57.0 Å². The summed E-state index contributed by atoms with van der Waals surface area (Å²) in [5, 5.41) is 0. The highest BCUT2D eigenvalue weighted by Crippen LogP contribution is 2.26. The second kappa shape index (κ2) is 8.97. The van der Waals surface area contributed by atoms with E-state index in [2.05, 4.69) is 28.5 Å². The molecule has 0 N–H and O–H groups in total. The second-order valence-corrected chi connectivity index (χ2v) is 7.61. The van der Waals surface area contributed by atoms with E-state index in [-0.39, 0.29) is 11.7 Å². The molecule has 0 aliphatic carbocycles. The van der Waals surface area contributed by atoms with Crippen LogP contribution in [0.25, 0.3) is 0 Å². The molecular formula is C20H29F2N3O2. The maximum absolute atomic E-state index is 12.7. The summed E-state index contributed by atoms with van der Waals surface area (Å²) in [6, 6.07) is 6.49. The molecule has 2 fully saturated rings. The Balaban J connectivity index is 1.50. The van der Waals surface area contributed by atoms with Gasteiger partial charge in [-0.1, -0.05) is 0 Å². The fraction of sp³-hybridized carbons (Fsp3) is 0.650. The van der Waals surface area contributed by atoms with Gasteiger partial charge in [0, 0.05) is 50.9 Å². The maximum Gasteiger partial charge on any atom is 0.387 e. The summed E-state index contributed by atoms with van der Waals surface area (Å²) in [6.45, 7) is 5.42. The first-order chi connectivity index (χ1) is 12.9. The van der Waals surface area contributed by atoms with Crippen LogP contribution in [0.2, 0.25) is 0 Å². The minimum absolute atomic E-state index is 0.0377. The number of likely N-dealkylation sites (N-methyl/N-ethyl adjacent to an activating group) is 1. The molecule has 2 aliphatic rings. The van der Waals surface area contributed by atoms with Gasteiger partial charge in [-0.3, -0.25) is 9.69 Å². The van der Waals surface area contributed by atoms with Crippen LogP contribution in [0.1, 0.15) is 30.1 Å². The lowest BCUT2D eigenvalue weighted by Crippen LogP contribution is -2.52. The lowest BCUT2D eigenvalue weighted by Gasteiger charge is -2.42. The van der Waals surface area contributed by atoms with Crippen molar-refractivity contribution in [2.24, 2.45) is 5.92 Å². The van der Waals surface area contributed by atoms with Gasteiger partial charge in [-0.15, -0.1) is 0 Å². The average Bonchev–Trinajstić information content (AvgIpc) is 2.68. The summed E-state index contributed by atoms with van der Waals surface area (Å²) in [4.78, 5) is 19.5. The molecule has 1 atom stereocenters. The van der Waals surface area contributed by atoms with Gasteiger partial charge in [-0.25, -0.2) is 0 Å². The molecule has 0 bridgehead atoms. The van der Waals surface area contributed by atoms with E-state index < -0.39 is 6.61 Å². The van der Waals surface area contributed by atoms with Crippen LogP contribution in [0.3, 0.4) is 0 Å². The number of rotatable bonds is 5. The number of carbonyl (C=O) groups excluding carboxylic acids is 1. The number of ether oxygens (including phenoxy) is 1. The minimum Gasteiger partial charge on any atom is -0.435 e. The summed E-state index contributed by atoms with van der Waals surface area (Å²) in [6.07, 6.45) is 2.01. The molecule has 0 aromatic heterocycles. The predicted octanol–water partition coefficient (Wildman–Crippen LogP) is 2.78. The maximum atomic E-state index is 12.7. The Bertz CT molecular complexity index is 610. The number of carbonyl (C=O) groups is 1. The van der Waals surface area contributed by atoms with E-state index in [4.69, 9.17) is 0 Å². The molecule has 27 heavy (non-hydrogen) atoms. The fourth-order valence-electron chi connectivity index (χ4n) is 4.07. The Labute approximate surface area is 159 Å². The van der Waals surface area contributed by atoms with Gasteiger partial charge in [0.15, 0.2) is 0 Å². The Morgan fingerprint density at radius 1 is 1.04 bits per heavy atom. The number of benzene rings is 1. The topological polar surface area (TPSA) is 36.0 Å². The van der Waals surface area contributed by atoms with E-state index in [1.54, 1.807) is 12.1 Å². The number of piperidine rings is 1. The standard InChI is InChI=1S/C20H29F2N3O2/c1-15(24-13-11-23(2)12-14-24)16-7-9-25(10-8-16)19(26)17-3-5-18(6-4-17)27-20(21)22/h3-6,15-16,20H,7-14H2,1-2H3. The van der Waals surface area contributed by atoms with Gasteiger partial charge in [0.25, 0.3) is 5.91 Å². The number of halogens is 2. The number of hydrogen-bond donors (Lipinski definition) is 0. The summed E-state index contributed by atoms with van der Waals surface area (Å²) in [7, 11) is 2.16.